The summed E-state index contributed by atoms with van der Waals surface area (Å²) in [7, 11) is 0. The molecule has 2 unspecified atom stereocenters. The van der Waals surface area contributed by atoms with Crippen molar-refractivity contribution >= 4 is 30.1 Å². The monoisotopic (exact) mass is 386 g/mol. The molecule has 148 valence electrons. The van der Waals surface area contributed by atoms with Gasteiger partial charge >= 0.3 is 0 Å². The predicted molar refractivity (Wildman–Crippen MR) is 101 cm³/mol. The van der Waals surface area contributed by atoms with E-state index >= 15 is 0 Å². The van der Waals surface area contributed by atoms with E-state index in [1.54, 1.807) is 0 Å². The molecule has 0 spiro atoms. The van der Waals surface area contributed by atoms with Crippen molar-refractivity contribution in [3.8, 4) is 0 Å². The molecule has 26 heavy (non-hydrogen) atoms. The minimum absolute atomic E-state index is 0. The summed E-state index contributed by atoms with van der Waals surface area (Å²) in [6.07, 6.45) is 5.40. The number of hydrogen-bond donors (Lipinski definition) is 2. The summed E-state index contributed by atoms with van der Waals surface area (Å²) in [5, 5.41) is 2.83. The number of likely N-dealkylation sites (tertiary alicyclic amines) is 2. The molecule has 2 heterocycles. The molecule has 3 N–H and O–H groups in total. The Morgan fingerprint density at radius 3 is 1.96 bits per heavy atom. The molecule has 0 bridgehead atoms. The molecule has 0 aromatic heterocycles. The normalized spacial score (nSPS) is 26.0. The number of nitrogens with zero attached hydrogens (tertiary/aromatic N) is 2. The van der Waals surface area contributed by atoms with Crippen molar-refractivity contribution < 1.29 is 14.4 Å². The van der Waals surface area contributed by atoms with Gasteiger partial charge in [0.1, 0.15) is 0 Å². The third-order valence-corrected chi connectivity index (χ3v) is 5.56. The standard InChI is InChI=1S/C18H30N4O3.ClH/c19-7-8-20-16(23)14-3-1-9-21(11-14)18(25)15-4-2-10-22(12-15)17(24)13-5-6-13;/h13-15H,1-12,19H2,(H,20,23);1H. The maximum Gasteiger partial charge on any atom is 0.227 e. The number of carbonyl (C=O) groups excluding carboxylic acids is 3. The molecule has 2 aliphatic heterocycles. The van der Waals surface area contributed by atoms with Crippen LogP contribution in [0.25, 0.3) is 0 Å². The van der Waals surface area contributed by atoms with Gasteiger partial charge in [0.05, 0.1) is 11.8 Å². The van der Waals surface area contributed by atoms with Crippen LogP contribution in [0.2, 0.25) is 0 Å². The van der Waals surface area contributed by atoms with Crippen LogP contribution in [0.1, 0.15) is 38.5 Å². The highest BCUT2D eigenvalue weighted by molar-refractivity contribution is 5.85. The topological polar surface area (TPSA) is 95.7 Å². The summed E-state index contributed by atoms with van der Waals surface area (Å²) in [6.45, 7) is 3.44. The van der Waals surface area contributed by atoms with Crippen molar-refractivity contribution in [3.63, 3.8) is 0 Å². The zero-order valence-electron chi connectivity index (χ0n) is 15.3. The third-order valence-electron chi connectivity index (χ3n) is 5.56. The zero-order chi connectivity index (χ0) is 17.8. The molecule has 2 saturated heterocycles. The van der Waals surface area contributed by atoms with E-state index in [1.807, 2.05) is 9.80 Å². The molecule has 1 aliphatic carbocycles. The average molecular weight is 387 g/mol. The van der Waals surface area contributed by atoms with Crippen LogP contribution in [0.5, 0.6) is 0 Å². The minimum Gasteiger partial charge on any atom is -0.355 e. The summed E-state index contributed by atoms with van der Waals surface area (Å²) in [5.41, 5.74) is 5.43. The fourth-order valence-electron chi connectivity index (χ4n) is 3.96. The van der Waals surface area contributed by atoms with E-state index < -0.39 is 0 Å². The number of amides is 3. The Labute approximate surface area is 161 Å². The number of carbonyl (C=O) groups is 3. The first kappa shape index (κ1) is 21.0. The molecule has 0 aromatic carbocycles. The van der Waals surface area contributed by atoms with Crippen LogP contribution in [0.3, 0.4) is 0 Å². The molecule has 3 rings (SSSR count). The first-order valence-electron chi connectivity index (χ1n) is 9.65. The van der Waals surface area contributed by atoms with Crippen molar-refractivity contribution in [2.75, 3.05) is 39.3 Å². The number of halogens is 1. The van der Waals surface area contributed by atoms with E-state index in [0.29, 0.717) is 32.7 Å². The van der Waals surface area contributed by atoms with Crippen LogP contribution >= 0.6 is 12.4 Å². The highest BCUT2D eigenvalue weighted by atomic mass is 35.5. The Kier molecular flexibility index (Phi) is 7.70. The lowest BCUT2D eigenvalue weighted by molar-refractivity contribution is -0.143. The van der Waals surface area contributed by atoms with Gasteiger partial charge in [-0.3, -0.25) is 14.4 Å². The molecule has 0 radical (unpaired) electrons. The Balaban J connectivity index is 0.00000243. The highest BCUT2D eigenvalue weighted by Crippen LogP contribution is 2.33. The Hall–Kier alpha value is -1.34. The van der Waals surface area contributed by atoms with Gasteiger partial charge in [0.25, 0.3) is 0 Å². The predicted octanol–water partition coefficient (Wildman–Crippen LogP) is 0.370. The van der Waals surface area contributed by atoms with Gasteiger partial charge < -0.3 is 20.9 Å². The van der Waals surface area contributed by atoms with Gasteiger partial charge in [-0.1, -0.05) is 0 Å². The molecular formula is C18H31ClN4O3. The smallest absolute Gasteiger partial charge is 0.227 e. The fraction of sp³-hybridized carbons (Fsp3) is 0.833. The van der Waals surface area contributed by atoms with Crippen LogP contribution in [-0.4, -0.2) is 66.8 Å². The summed E-state index contributed by atoms with van der Waals surface area (Å²) in [5.74, 6) is 0.302. The Morgan fingerprint density at radius 1 is 0.846 bits per heavy atom. The summed E-state index contributed by atoms with van der Waals surface area (Å²) in [4.78, 5) is 41.1. The zero-order valence-corrected chi connectivity index (χ0v) is 16.1. The highest BCUT2D eigenvalue weighted by Gasteiger charge is 2.38. The van der Waals surface area contributed by atoms with Gasteiger partial charge in [-0.15, -0.1) is 12.4 Å². The van der Waals surface area contributed by atoms with Gasteiger partial charge in [-0.2, -0.15) is 0 Å². The van der Waals surface area contributed by atoms with Crippen LogP contribution in [0, 0.1) is 17.8 Å². The second kappa shape index (κ2) is 9.55. The number of piperidine rings is 2. The molecule has 3 fully saturated rings. The summed E-state index contributed by atoms with van der Waals surface area (Å²) >= 11 is 0. The lowest BCUT2D eigenvalue weighted by Crippen LogP contribution is -2.51. The van der Waals surface area contributed by atoms with Gasteiger partial charge in [0, 0.05) is 45.2 Å². The van der Waals surface area contributed by atoms with Gasteiger partial charge in [0.15, 0.2) is 0 Å². The van der Waals surface area contributed by atoms with Crippen molar-refractivity contribution in [2.24, 2.45) is 23.5 Å². The third kappa shape index (κ3) is 5.10. The first-order chi connectivity index (χ1) is 12.1. The van der Waals surface area contributed by atoms with Crippen LogP contribution in [-0.2, 0) is 14.4 Å². The van der Waals surface area contributed by atoms with Crippen LogP contribution < -0.4 is 11.1 Å². The molecule has 2 atom stereocenters. The summed E-state index contributed by atoms with van der Waals surface area (Å²) in [6, 6.07) is 0. The second-order valence-corrected chi connectivity index (χ2v) is 7.60. The maximum absolute atomic E-state index is 12.9. The maximum atomic E-state index is 12.9. The van der Waals surface area contributed by atoms with Crippen molar-refractivity contribution in [3.05, 3.63) is 0 Å². The SMILES string of the molecule is Cl.NCCNC(=O)C1CCCN(C(=O)C2CCCN(C(=O)C3CC3)C2)C1. The Bertz CT molecular complexity index is 527. The van der Waals surface area contributed by atoms with Gasteiger partial charge in [0.2, 0.25) is 17.7 Å². The van der Waals surface area contributed by atoms with E-state index in [-0.39, 0.29) is 47.9 Å². The number of nitrogens with one attached hydrogen (secondary N) is 1. The van der Waals surface area contributed by atoms with Gasteiger partial charge in [-0.25, -0.2) is 0 Å². The number of rotatable bonds is 5. The minimum atomic E-state index is -0.142. The van der Waals surface area contributed by atoms with E-state index in [0.717, 1.165) is 45.1 Å². The summed E-state index contributed by atoms with van der Waals surface area (Å²) < 4.78 is 0. The first-order valence-corrected chi connectivity index (χ1v) is 9.65. The lowest BCUT2D eigenvalue weighted by atomic mass is 9.92. The van der Waals surface area contributed by atoms with Crippen molar-refractivity contribution in [2.45, 2.75) is 38.5 Å². The van der Waals surface area contributed by atoms with Gasteiger partial charge in [-0.05, 0) is 38.5 Å². The molecular weight excluding hydrogens is 356 g/mol. The number of hydrogen-bond acceptors (Lipinski definition) is 4. The Morgan fingerprint density at radius 2 is 1.38 bits per heavy atom. The molecule has 7 nitrogen and oxygen atoms in total. The fourth-order valence-corrected chi connectivity index (χ4v) is 3.96. The molecule has 1 saturated carbocycles. The lowest BCUT2D eigenvalue weighted by Gasteiger charge is -2.38. The average Bonchev–Trinajstić information content (AvgIpc) is 3.50. The van der Waals surface area contributed by atoms with E-state index in [2.05, 4.69) is 5.32 Å². The molecule has 3 aliphatic rings. The van der Waals surface area contributed by atoms with Crippen LogP contribution in [0.4, 0.5) is 0 Å². The molecule has 3 amide bonds. The van der Waals surface area contributed by atoms with Crippen molar-refractivity contribution in [1.29, 1.82) is 0 Å². The largest absolute Gasteiger partial charge is 0.355 e. The quantitative estimate of drug-likeness (QED) is 0.713. The van der Waals surface area contributed by atoms with E-state index in [4.69, 9.17) is 5.73 Å². The molecule has 0 aromatic rings. The van der Waals surface area contributed by atoms with Crippen molar-refractivity contribution in [1.82, 2.24) is 15.1 Å². The van der Waals surface area contributed by atoms with E-state index in [9.17, 15) is 14.4 Å². The molecule has 8 heteroatoms. The van der Waals surface area contributed by atoms with E-state index in [1.165, 1.54) is 0 Å². The number of nitrogens with two attached hydrogens (primary N) is 1. The van der Waals surface area contributed by atoms with Crippen LogP contribution in [0.15, 0.2) is 0 Å². The second-order valence-electron chi connectivity index (χ2n) is 7.60.